The van der Waals surface area contributed by atoms with Crippen LogP contribution in [-0.2, 0) is 4.79 Å². The lowest BCUT2D eigenvalue weighted by Gasteiger charge is -2.11. The van der Waals surface area contributed by atoms with Gasteiger partial charge in [-0.1, -0.05) is 30.3 Å². The molecule has 170 valence electrons. The number of nitrogens with one attached hydrogen (secondary N) is 4. The summed E-state index contributed by atoms with van der Waals surface area (Å²) in [4.78, 5) is 36.9. The van der Waals surface area contributed by atoms with Gasteiger partial charge in [0.2, 0.25) is 5.91 Å². The molecule has 3 aromatic carbocycles. The molecule has 4 N–H and O–H groups in total. The Balaban J connectivity index is 1.30. The van der Waals surface area contributed by atoms with Gasteiger partial charge in [-0.25, -0.2) is 0 Å². The topological polar surface area (TPSA) is 112 Å². The van der Waals surface area contributed by atoms with Crippen molar-refractivity contribution in [2.75, 3.05) is 27.8 Å². The normalized spacial score (nSPS) is 10.2. The van der Waals surface area contributed by atoms with Crippen molar-refractivity contribution >= 4 is 40.5 Å². The second-order valence-electron chi connectivity index (χ2n) is 7.31. The highest BCUT2D eigenvalue weighted by Gasteiger charge is 2.10. The largest absolute Gasteiger partial charge is 0.459 e. The van der Waals surface area contributed by atoms with Crippen LogP contribution in [0.4, 0.5) is 22.7 Å². The van der Waals surface area contributed by atoms with Crippen LogP contribution in [0.5, 0.6) is 0 Å². The van der Waals surface area contributed by atoms with Crippen molar-refractivity contribution in [2.45, 2.75) is 0 Å². The first-order valence-electron chi connectivity index (χ1n) is 10.5. The minimum absolute atomic E-state index is 0.0130. The molecule has 0 atom stereocenters. The van der Waals surface area contributed by atoms with Crippen LogP contribution in [0, 0.1) is 0 Å². The molecule has 8 heteroatoms. The van der Waals surface area contributed by atoms with Gasteiger partial charge >= 0.3 is 0 Å². The first-order chi connectivity index (χ1) is 16.6. The van der Waals surface area contributed by atoms with E-state index in [1.54, 1.807) is 84.9 Å². The van der Waals surface area contributed by atoms with Crippen molar-refractivity contribution in [3.05, 3.63) is 109 Å². The molecule has 8 nitrogen and oxygen atoms in total. The third kappa shape index (κ3) is 6.10. The van der Waals surface area contributed by atoms with E-state index in [2.05, 4.69) is 21.3 Å². The summed E-state index contributed by atoms with van der Waals surface area (Å²) < 4.78 is 5.08. The molecule has 1 heterocycles. The van der Waals surface area contributed by atoms with Crippen LogP contribution in [0.2, 0.25) is 0 Å². The van der Waals surface area contributed by atoms with Gasteiger partial charge < -0.3 is 25.7 Å². The minimum Gasteiger partial charge on any atom is -0.459 e. The van der Waals surface area contributed by atoms with E-state index in [9.17, 15) is 14.4 Å². The maximum absolute atomic E-state index is 12.4. The molecule has 3 amide bonds. The Morgan fingerprint density at radius 3 is 1.91 bits per heavy atom. The SMILES string of the molecule is O=C(CNc1cccc(NC(=O)c2ccccc2)c1)Nc1cccc(NC(=O)c2ccco2)c1. The Labute approximate surface area is 196 Å². The van der Waals surface area contributed by atoms with E-state index in [4.69, 9.17) is 4.42 Å². The maximum atomic E-state index is 12.4. The van der Waals surface area contributed by atoms with Crippen LogP contribution in [-0.4, -0.2) is 24.3 Å². The van der Waals surface area contributed by atoms with Crippen LogP contribution in [0.25, 0.3) is 0 Å². The number of anilines is 4. The summed E-state index contributed by atoms with van der Waals surface area (Å²) in [5.41, 5.74) is 2.91. The number of hydrogen-bond donors (Lipinski definition) is 4. The molecule has 0 aliphatic carbocycles. The number of hydrogen-bond acceptors (Lipinski definition) is 5. The van der Waals surface area contributed by atoms with Crippen molar-refractivity contribution in [1.29, 1.82) is 0 Å². The van der Waals surface area contributed by atoms with Gasteiger partial charge in [-0.2, -0.15) is 0 Å². The van der Waals surface area contributed by atoms with Gasteiger partial charge in [0.25, 0.3) is 11.8 Å². The van der Waals surface area contributed by atoms with E-state index in [0.29, 0.717) is 28.3 Å². The number of furan rings is 1. The Morgan fingerprint density at radius 2 is 1.24 bits per heavy atom. The van der Waals surface area contributed by atoms with E-state index in [1.807, 2.05) is 6.07 Å². The lowest BCUT2D eigenvalue weighted by atomic mass is 10.2. The molecule has 0 bridgehead atoms. The maximum Gasteiger partial charge on any atom is 0.291 e. The Morgan fingerprint density at radius 1 is 0.618 bits per heavy atom. The van der Waals surface area contributed by atoms with Gasteiger partial charge in [-0.05, 0) is 60.7 Å². The quantitative estimate of drug-likeness (QED) is 0.305. The third-order valence-electron chi connectivity index (χ3n) is 4.76. The third-order valence-corrected chi connectivity index (χ3v) is 4.76. The van der Waals surface area contributed by atoms with E-state index in [0.717, 1.165) is 0 Å². The molecule has 0 aliphatic rings. The zero-order valence-corrected chi connectivity index (χ0v) is 18.1. The van der Waals surface area contributed by atoms with Crippen LogP contribution in [0.1, 0.15) is 20.9 Å². The molecule has 4 aromatic rings. The average molecular weight is 454 g/mol. The number of rotatable bonds is 8. The first-order valence-corrected chi connectivity index (χ1v) is 10.5. The van der Waals surface area contributed by atoms with Gasteiger partial charge in [0.1, 0.15) is 0 Å². The molecular formula is C26H22N4O4. The highest BCUT2D eigenvalue weighted by molar-refractivity contribution is 6.04. The van der Waals surface area contributed by atoms with E-state index < -0.39 is 0 Å². The smallest absolute Gasteiger partial charge is 0.291 e. The van der Waals surface area contributed by atoms with Crippen molar-refractivity contribution < 1.29 is 18.8 Å². The van der Waals surface area contributed by atoms with Crippen molar-refractivity contribution in [2.24, 2.45) is 0 Å². The second kappa shape index (κ2) is 10.6. The molecular weight excluding hydrogens is 432 g/mol. The van der Waals surface area contributed by atoms with Gasteiger partial charge in [-0.15, -0.1) is 0 Å². The fraction of sp³-hybridized carbons (Fsp3) is 0.0385. The molecule has 0 radical (unpaired) electrons. The first kappa shape index (κ1) is 22.3. The molecule has 0 unspecified atom stereocenters. The molecule has 0 saturated heterocycles. The fourth-order valence-electron chi connectivity index (χ4n) is 3.16. The Hall–Kier alpha value is -4.85. The van der Waals surface area contributed by atoms with Crippen LogP contribution < -0.4 is 21.3 Å². The van der Waals surface area contributed by atoms with Crippen molar-refractivity contribution in [1.82, 2.24) is 0 Å². The summed E-state index contributed by atoms with van der Waals surface area (Å²) in [5.74, 6) is -0.669. The summed E-state index contributed by atoms with van der Waals surface area (Å²) in [6.07, 6.45) is 1.42. The number of benzene rings is 3. The highest BCUT2D eigenvalue weighted by atomic mass is 16.3. The van der Waals surface area contributed by atoms with E-state index >= 15 is 0 Å². The lowest BCUT2D eigenvalue weighted by Crippen LogP contribution is -2.22. The monoisotopic (exact) mass is 454 g/mol. The van der Waals surface area contributed by atoms with Gasteiger partial charge in [0.15, 0.2) is 5.76 Å². The molecule has 0 spiro atoms. The standard InChI is InChI=1S/C26H22N4O4/c31-24(28-20-10-5-12-22(16-20)30-26(33)23-13-6-14-34-23)17-27-19-9-4-11-21(15-19)29-25(32)18-7-2-1-3-8-18/h1-16,27H,17H2,(H,28,31)(H,29,32)(H,30,33). The summed E-state index contributed by atoms with van der Waals surface area (Å²) in [6.45, 7) is 0.0130. The Kier molecular flexibility index (Phi) is 7.00. The summed E-state index contributed by atoms with van der Waals surface area (Å²) in [7, 11) is 0. The molecule has 4 rings (SSSR count). The molecule has 0 saturated carbocycles. The summed E-state index contributed by atoms with van der Waals surface area (Å²) >= 11 is 0. The van der Waals surface area contributed by atoms with Gasteiger partial charge in [0.05, 0.1) is 12.8 Å². The zero-order valence-electron chi connectivity index (χ0n) is 18.1. The number of amides is 3. The average Bonchev–Trinajstić information content (AvgIpc) is 3.39. The van der Waals surface area contributed by atoms with E-state index in [-0.39, 0.29) is 30.0 Å². The number of carbonyl (C=O) groups is 3. The summed E-state index contributed by atoms with van der Waals surface area (Å²) in [6, 6.07) is 26.0. The molecule has 0 fully saturated rings. The predicted octanol–water partition coefficient (Wildman–Crippen LogP) is 4.83. The summed E-state index contributed by atoms with van der Waals surface area (Å²) in [5, 5.41) is 11.4. The minimum atomic E-state index is -0.380. The number of carbonyl (C=O) groups excluding carboxylic acids is 3. The predicted molar refractivity (Wildman–Crippen MR) is 131 cm³/mol. The van der Waals surface area contributed by atoms with Crippen LogP contribution in [0.3, 0.4) is 0 Å². The van der Waals surface area contributed by atoms with E-state index in [1.165, 1.54) is 6.26 Å². The van der Waals surface area contributed by atoms with Crippen molar-refractivity contribution in [3.63, 3.8) is 0 Å². The van der Waals surface area contributed by atoms with Gasteiger partial charge in [-0.3, -0.25) is 14.4 Å². The van der Waals surface area contributed by atoms with Crippen molar-refractivity contribution in [3.8, 4) is 0 Å². The lowest BCUT2D eigenvalue weighted by molar-refractivity contribution is -0.114. The zero-order chi connectivity index (χ0) is 23.8. The fourth-order valence-corrected chi connectivity index (χ4v) is 3.16. The molecule has 0 aliphatic heterocycles. The molecule has 34 heavy (non-hydrogen) atoms. The molecule has 1 aromatic heterocycles. The second-order valence-corrected chi connectivity index (χ2v) is 7.31. The van der Waals surface area contributed by atoms with Crippen LogP contribution >= 0.6 is 0 Å². The van der Waals surface area contributed by atoms with Crippen LogP contribution in [0.15, 0.2) is 102 Å². The highest BCUT2D eigenvalue weighted by Crippen LogP contribution is 2.18. The Bertz CT molecular complexity index is 1290. The van der Waals surface area contributed by atoms with Gasteiger partial charge in [0, 0.05) is 28.3 Å².